The molecule has 2 rings (SSSR count). The first-order valence-corrected chi connectivity index (χ1v) is 7.98. The van der Waals surface area contributed by atoms with Gasteiger partial charge in [0.2, 0.25) is 0 Å². The standard InChI is InChI=1S/C14H18ClIN2O/c1-18(11-3-2-7-17-8-6-11)14(19)10-4-5-13(16)12(15)9-10/h4-5,9,11,17H,2-3,6-8H2,1H3. The first kappa shape index (κ1) is 15.1. The number of rotatable bonds is 2. The lowest BCUT2D eigenvalue weighted by molar-refractivity contribution is 0.0720. The van der Waals surface area contributed by atoms with Gasteiger partial charge in [0.15, 0.2) is 0 Å². The van der Waals surface area contributed by atoms with E-state index in [0.29, 0.717) is 16.6 Å². The van der Waals surface area contributed by atoms with E-state index in [2.05, 4.69) is 27.9 Å². The van der Waals surface area contributed by atoms with Gasteiger partial charge in [0.1, 0.15) is 0 Å². The SMILES string of the molecule is CN(C(=O)c1ccc(I)c(Cl)c1)C1CCCNCC1. The van der Waals surface area contributed by atoms with E-state index >= 15 is 0 Å². The molecule has 1 aromatic rings. The average Bonchev–Trinajstić information content (AvgIpc) is 2.69. The minimum atomic E-state index is 0.0604. The second-order valence-corrected chi connectivity index (χ2v) is 6.45. The number of hydrogen-bond donors (Lipinski definition) is 1. The maximum atomic E-state index is 12.5. The molecule has 1 unspecified atom stereocenters. The van der Waals surface area contributed by atoms with Crippen LogP contribution in [0.25, 0.3) is 0 Å². The van der Waals surface area contributed by atoms with Crippen molar-refractivity contribution in [1.29, 1.82) is 0 Å². The van der Waals surface area contributed by atoms with Crippen molar-refractivity contribution in [2.75, 3.05) is 20.1 Å². The quantitative estimate of drug-likeness (QED) is 0.784. The van der Waals surface area contributed by atoms with Crippen LogP contribution in [0, 0.1) is 3.57 Å². The van der Waals surface area contributed by atoms with Crippen molar-refractivity contribution in [3.63, 3.8) is 0 Å². The third-order valence-corrected chi connectivity index (χ3v) is 5.15. The predicted molar refractivity (Wildman–Crippen MR) is 86.8 cm³/mol. The third-order valence-electron chi connectivity index (χ3n) is 3.58. The van der Waals surface area contributed by atoms with Crippen molar-refractivity contribution in [2.45, 2.75) is 25.3 Å². The summed E-state index contributed by atoms with van der Waals surface area (Å²) in [5.74, 6) is 0.0604. The van der Waals surface area contributed by atoms with E-state index in [1.165, 1.54) is 0 Å². The van der Waals surface area contributed by atoms with E-state index in [9.17, 15) is 4.79 Å². The number of hydrogen-bond acceptors (Lipinski definition) is 2. The fourth-order valence-corrected chi connectivity index (χ4v) is 2.90. The highest BCUT2D eigenvalue weighted by Gasteiger charge is 2.22. The molecule has 3 nitrogen and oxygen atoms in total. The summed E-state index contributed by atoms with van der Waals surface area (Å²) in [6, 6.07) is 5.82. The Kier molecular flexibility index (Phi) is 5.47. The molecule has 1 aliphatic heterocycles. The zero-order valence-electron chi connectivity index (χ0n) is 11.0. The molecule has 104 valence electrons. The van der Waals surface area contributed by atoms with Crippen molar-refractivity contribution < 1.29 is 4.79 Å². The summed E-state index contributed by atoms with van der Waals surface area (Å²) in [6.07, 6.45) is 3.20. The lowest BCUT2D eigenvalue weighted by Crippen LogP contribution is -2.37. The molecule has 1 atom stereocenters. The van der Waals surface area contributed by atoms with Crippen molar-refractivity contribution in [3.8, 4) is 0 Å². The van der Waals surface area contributed by atoms with Gasteiger partial charge in [-0.15, -0.1) is 0 Å². The number of carbonyl (C=O) groups is 1. The minimum absolute atomic E-state index is 0.0604. The lowest BCUT2D eigenvalue weighted by Gasteiger charge is -2.27. The Morgan fingerprint density at radius 2 is 2.21 bits per heavy atom. The molecule has 1 aromatic carbocycles. The van der Waals surface area contributed by atoms with Crippen LogP contribution in [0.3, 0.4) is 0 Å². The molecule has 0 aromatic heterocycles. The summed E-state index contributed by atoms with van der Waals surface area (Å²) in [5.41, 5.74) is 0.671. The van der Waals surface area contributed by atoms with Gasteiger partial charge in [-0.25, -0.2) is 0 Å². The van der Waals surface area contributed by atoms with E-state index in [0.717, 1.165) is 35.9 Å². The number of halogens is 2. The van der Waals surface area contributed by atoms with Gasteiger partial charge in [0.25, 0.3) is 5.91 Å². The van der Waals surface area contributed by atoms with E-state index in [1.807, 2.05) is 24.1 Å². The summed E-state index contributed by atoms with van der Waals surface area (Å²) >= 11 is 8.25. The topological polar surface area (TPSA) is 32.3 Å². The second kappa shape index (κ2) is 6.90. The third kappa shape index (κ3) is 3.83. The monoisotopic (exact) mass is 392 g/mol. The first-order chi connectivity index (χ1) is 9.09. The van der Waals surface area contributed by atoms with Gasteiger partial charge in [0.05, 0.1) is 5.02 Å². The van der Waals surface area contributed by atoms with Crippen molar-refractivity contribution in [2.24, 2.45) is 0 Å². The number of carbonyl (C=O) groups excluding carboxylic acids is 1. The summed E-state index contributed by atoms with van der Waals surface area (Å²) in [4.78, 5) is 14.3. The number of amides is 1. The molecule has 0 aliphatic carbocycles. The van der Waals surface area contributed by atoms with Gasteiger partial charge < -0.3 is 10.2 Å². The Bertz CT molecular complexity index is 459. The minimum Gasteiger partial charge on any atom is -0.339 e. The van der Waals surface area contributed by atoms with Crippen LogP contribution in [0.2, 0.25) is 5.02 Å². The Hall–Kier alpha value is -0.330. The lowest BCUT2D eigenvalue weighted by atomic mass is 10.1. The molecular weight excluding hydrogens is 375 g/mol. The van der Waals surface area contributed by atoms with Crippen LogP contribution in [-0.2, 0) is 0 Å². The molecule has 19 heavy (non-hydrogen) atoms. The normalized spacial score (nSPS) is 19.8. The second-order valence-electron chi connectivity index (χ2n) is 4.88. The van der Waals surface area contributed by atoms with Crippen LogP contribution in [0.5, 0.6) is 0 Å². The van der Waals surface area contributed by atoms with Crippen LogP contribution in [0.15, 0.2) is 18.2 Å². The number of nitrogens with one attached hydrogen (secondary N) is 1. The van der Waals surface area contributed by atoms with Crippen molar-refractivity contribution in [1.82, 2.24) is 10.2 Å². The van der Waals surface area contributed by atoms with Crippen LogP contribution < -0.4 is 5.32 Å². The highest BCUT2D eigenvalue weighted by molar-refractivity contribution is 14.1. The van der Waals surface area contributed by atoms with Crippen molar-refractivity contribution in [3.05, 3.63) is 32.4 Å². The van der Waals surface area contributed by atoms with Crippen LogP contribution in [0.1, 0.15) is 29.6 Å². The predicted octanol–water partition coefficient (Wildman–Crippen LogP) is 3.16. The molecule has 0 saturated carbocycles. The van der Waals surface area contributed by atoms with Gasteiger partial charge in [-0.1, -0.05) is 11.6 Å². The molecule has 1 amide bonds. The smallest absolute Gasteiger partial charge is 0.253 e. The highest BCUT2D eigenvalue weighted by atomic mass is 127. The molecule has 1 aliphatic rings. The molecule has 1 heterocycles. The van der Waals surface area contributed by atoms with Crippen molar-refractivity contribution >= 4 is 40.1 Å². The van der Waals surface area contributed by atoms with Crippen LogP contribution in [-0.4, -0.2) is 37.0 Å². The van der Waals surface area contributed by atoms with Gasteiger partial charge in [-0.2, -0.15) is 0 Å². The molecular formula is C14H18ClIN2O. The van der Waals surface area contributed by atoms with E-state index < -0.39 is 0 Å². The maximum absolute atomic E-state index is 12.5. The van der Waals surface area contributed by atoms with E-state index in [1.54, 1.807) is 6.07 Å². The van der Waals surface area contributed by atoms with Gasteiger partial charge in [0, 0.05) is 22.2 Å². The number of nitrogens with zero attached hydrogens (tertiary/aromatic N) is 1. The fraction of sp³-hybridized carbons (Fsp3) is 0.500. The maximum Gasteiger partial charge on any atom is 0.253 e. The zero-order valence-corrected chi connectivity index (χ0v) is 13.9. The molecule has 1 saturated heterocycles. The largest absolute Gasteiger partial charge is 0.339 e. The van der Waals surface area contributed by atoms with Gasteiger partial charge in [-0.05, 0) is 73.1 Å². The molecule has 0 spiro atoms. The molecule has 1 fully saturated rings. The Morgan fingerprint density at radius 3 is 2.95 bits per heavy atom. The van der Waals surface area contributed by atoms with E-state index in [4.69, 9.17) is 11.6 Å². The summed E-state index contributed by atoms with van der Waals surface area (Å²) in [6.45, 7) is 2.03. The zero-order chi connectivity index (χ0) is 13.8. The molecule has 5 heteroatoms. The van der Waals surface area contributed by atoms with Crippen LogP contribution >= 0.6 is 34.2 Å². The average molecular weight is 393 g/mol. The molecule has 0 radical (unpaired) electrons. The Morgan fingerprint density at radius 1 is 1.42 bits per heavy atom. The molecule has 0 bridgehead atoms. The number of benzene rings is 1. The summed E-state index contributed by atoms with van der Waals surface area (Å²) in [7, 11) is 1.89. The summed E-state index contributed by atoms with van der Waals surface area (Å²) in [5, 5.41) is 4.01. The highest BCUT2D eigenvalue weighted by Crippen LogP contribution is 2.21. The Labute approximate surface area is 132 Å². The molecule has 1 N–H and O–H groups in total. The van der Waals surface area contributed by atoms with E-state index in [-0.39, 0.29) is 5.91 Å². The van der Waals surface area contributed by atoms with Crippen LogP contribution in [0.4, 0.5) is 0 Å². The van der Waals surface area contributed by atoms with Gasteiger partial charge in [-0.3, -0.25) is 4.79 Å². The Balaban J connectivity index is 2.10. The fourth-order valence-electron chi connectivity index (χ4n) is 2.39. The summed E-state index contributed by atoms with van der Waals surface area (Å²) < 4.78 is 0.970. The van der Waals surface area contributed by atoms with Gasteiger partial charge >= 0.3 is 0 Å². The first-order valence-electron chi connectivity index (χ1n) is 6.52.